The third kappa shape index (κ3) is 3.98. The lowest BCUT2D eigenvalue weighted by Gasteiger charge is -2.33. The number of nitrogens with two attached hydrogens (primary N) is 1. The van der Waals surface area contributed by atoms with Crippen molar-refractivity contribution in [2.75, 3.05) is 19.6 Å². The van der Waals surface area contributed by atoms with Crippen molar-refractivity contribution >= 4 is 22.6 Å². The molecule has 0 aliphatic carbocycles. The largest absolute Gasteiger partial charge is 0.457 e. The normalized spacial score (nSPS) is 17.7. The summed E-state index contributed by atoms with van der Waals surface area (Å²) in [5.41, 5.74) is 10.1. The van der Waals surface area contributed by atoms with Crippen LogP contribution in [0, 0.1) is 6.92 Å². The first kappa shape index (κ1) is 21.6. The maximum atomic E-state index is 12.0. The summed E-state index contributed by atoms with van der Waals surface area (Å²) in [5.74, 6) is -0.561. The first-order valence-electron chi connectivity index (χ1n) is 11.3. The van der Waals surface area contributed by atoms with Crippen molar-refractivity contribution in [3.05, 3.63) is 76.1 Å². The number of aliphatic hydroxyl groups is 1. The number of carbonyl (C=O) groups excluding carboxylic acids is 2. The number of benzene rings is 2. The number of nitrogens with zero attached hydrogens (tertiary/aromatic N) is 2. The van der Waals surface area contributed by atoms with Crippen LogP contribution in [0.15, 0.2) is 42.5 Å². The zero-order chi connectivity index (χ0) is 23.1. The van der Waals surface area contributed by atoms with Gasteiger partial charge in [0.25, 0.3) is 5.91 Å². The predicted molar refractivity (Wildman–Crippen MR) is 124 cm³/mol. The summed E-state index contributed by atoms with van der Waals surface area (Å²) in [7, 11) is 0. The van der Waals surface area contributed by atoms with Crippen molar-refractivity contribution in [3.63, 3.8) is 0 Å². The maximum Gasteiger partial charge on any atom is 0.338 e. The fourth-order valence-electron chi connectivity index (χ4n) is 5.10. The molecule has 0 saturated carbocycles. The molecule has 3 N–H and O–H groups in total. The Kier molecular flexibility index (Phi) is 5.60. The number of rotatable bonds is 5. The van der Waals surface area contributed by atoms with Crippen LogP contribution in [0.1, 0.15) is 68.1 Å². The zero-order valence-electron chi connectivity index (χ0n) is 18.6. The number of fused-ring (bicyclic) bond motifs is 2. The van der Waals surface area contributed by atoms with Gasteiger partial charge in [-0.25, -0.2) is 9.78 Å². The highest BCUT2D eigenvalue weighted by molar-refractivity contribution is 6.04. The number of hydrogen-bond acceptors (Lipinski definition) is 6. The molecular formula is C26H27N3O4. The van der Waals surface area contributed by atoms with Gasteiger partial charge in [-0.15, -0.1) is 0 Å². The molecule has 1 unspecified atom stereocenters. The molecule has 7 nitrogen and oxygen atoms in total. The molecule has 2 aliphatic rings. The minimum absolute atomic E-state index is 0.242. The molecule has 33 heavy (non-hydrogen) atoms. The molecule has 0 bridgehead atoms. The third-order valence-electron chi connectivity index (χ3n) is 7.00. The number of amides is 1. The van der Waals surface area contributed by atoms with E-state index < -0.39 is 12.0 Å². The average Bonchev–Trinajstić information content (AvgIpc) is 3.20. The van der Waals surface area contributed by atoms with Crippen molar-refractivity contribution in [1.29, 1.82) is 0 Å². The summed E-state index contributed by atoms with van der Waals surface area (Å²) in [4.78, 5) is 30.6. The van der Waals surface area contributed by atoms with Crippen molar-refractivity contribution in [2.24, 2.45) is 5.73 Å². The van der Waals surface area contributed by atoms with E-state index in [2.05, 4.69) is 16.0 Å². The van der Waals surface area contributed by atoms with Crippen molar-refractivity contribution in [3.8, 4) is 0 Å². The first-order valence-corrected chi connectivity index (χ1v) is 11.3. The lowest BCUT2D eigenvalue weighted by molar-refractivity contribution is 0.0534. The molecule has 170 valence electrons. The summed E-state index contributed by atoms with van der Waals surface area (Å²) >= 11 is 0. The van der Waals surface area contributed by atoms with E-state index in [1.807, 2.05) is 37.3 Å². The van der Waals surface area contributed by atoms with Gasteiger partial charge in [0.2, 0.25) is 0 Å². The van der Waals surface area contributed by atoms with Crippen LogP contribution in [0.4, 0.5) is 0 Å². The SMILES string of the molecule is Cc1c(C(O)CN2CCC(c3cc4ccccc4c(C(N)=O)n3)CC2)ccc2c1COC2=O. The van der Waals surface area contributed by atoms with Crippen LogP contribution in [0.3, 0.4) is 0 Å². The lowest BCUT2D eigenvalue weighted by Crippen LogP contribution is -2.36. The molecule has 1 fully saturated rings. The number of β-amino-alcohol motifs (C(OH)–C–C–N with tert-alkyl or cyclic N) is 1. The molecule has 1 amide bonds. The molecule has 5 rings (SSSR count). The highest BCUT2D eigenvalue weighted by Crippen LogP contribution is 2.32. The summed E-state index contributed by atoms with van der Waals surface area (Å²) in [6, 6.07) is 13.3. The van der Waals surface area contributed by atoms with Crippen LogP contribution >= 0.6 is 0 Å². The predicted octanol–water partition coefficient (Wildman–Crippen LogP) is 3.23. The van der Waals surface area contributed by atoms with Crippen LogP contribution in [0.5, 0.6) is 0 Å². The van der Waals surface area contributed by atoms with Gasteiger partial charge in [0.1, 0.15) is 12.3 Å². The van der Waals surface area contributed by atoms with E-state index >= 15 is 0 Å². The number of aliphatic hydroxyl groups excluding tert-OH is 1. The number of aromatic nitrogens is 1. The van der Waals surface area contributed by atoms with Crippen LogP contribution in [-0.2, 0) is 11.3 Å². The van der Waals surface area contributed by atoms with Gasteiger partial charge in [-0.05, 0) is 61.5 Å². The van der Waals surface area contributed by atoms with Gasteiger partial charge >= 0.3 is 5.97 Å². The van der Waals surface area contributed by atoms with Gasteiger partial charge in [0, 0.05) is 29.1 Å². The van der Waals surface area contributed by atoms with Crippen molar-refractivity contribution in [2.45, 2.75) is 38.4 Å². The van der Waals surface area contributed by atoms with E-state index in [4.69, 9.17) is 10.5 Å². The number of hydrogen-bond donors (Lipinski definition) is 2. The Labute approximate surface area is 192 Å². The smallest absolute Gasteiger partial charge is 0.338 e. The summed E-state index contributed by atoms with van der Waals surface area (Å²) in [5, 5.41) is 12.7. The number of cyclic esters (lactones) is 1. The monoisotopic (exact) mass is 445 g/mol. The number of ether oxygens (including phenoxy) is 1. The molecule has 0 spiro atoms. The Bertz CT molecular complexity index is 1250. The number of carbonyl (C=O) groups is 2. The van der Waals surface area contributed by atoms with Crippen molar-refractivity contribution in [1.82, 2.24) is 9.88 Å². The number of piperidine rings is 1. The highest BCUT2D eigenvalue weighted by Gasteiger charge is 2.28. The van der Waals surface area contributed by atoms with Crippen LogP contribution < -0.4 is 5.73 Å². The minimum atomic E-state index is -0.636. The minimum Gasteiger partial charge on any atom is -0.457 e. The van der Waals surface area contributed by atoms with E-state index in [-0.39, 0.29) is 18.5 Å². The van der Waals surface area contributed by atoms with E-state index in [9.17, 15) is 14.7 Å². The number of likely N-dealkylation sites (tertiary alicyclic amines) is 1. The standard InChI is InChI=1S/C26H27N3O4/c1-15-18(6-7-20-21(15)14-33-26(20)32)23(30)13-29-10-8-16(9-11-29)22-12-17-4-2-3-5-19(17)24(28-22)25(27)31/h2-7,12,16,23,30H,8-11,13-14H2,1H3,(H2,27,31). The van der Waals surface area contributed by atoms with Gasteiger partial charge in [0.05, 0.1) is 11.7 Å². The van der Waals surface area contributed by atoms with E-state index in [1.54, 1.807) is 6.07 Å². The van der Waals surface area contributed by atoms with Crippen LogP contribution in [0.25, 0.3) is 10.8 Å². The number of primary amides is 1. The molecule has 3 heterocycles. The van der Waals surface area contributed by atoms with E-state index in [0.717, 1.165) is 59.1 Å². The quantitative estimate of drug-likeness (QED) is 0.584. The molecule has 1 atom stereocenters. The fourth-order valence-corrected chi connectivity index (χ4v) is 5.10. The van der Waals surface area contributed by atoms with Crippen LogP contribution in [-0.4, -0.2) is 46.5 Å². The Balaban J connectivity index is 1.27. The van der Waals surface area contributed by atoms with Gasteiger partial charge < -0.3 is 20.5 Å². The Morgan fingerprint density at radius 1 is 1.24 bits per heavy atom. The lowest BCUT2D eigenvalue weighted by atomic mass is 9.90. The van der Waals surface area contributed by atoms with Gasteiger partial charge in [-0.3, -0.25) is 4.79 Å². The van der Waals surface area contributed by atoms with E-state index in [1.165, 1.54) is 0 Å². The Morgan fingerprint density at radius 3 is 2.76 bits per heavy atom. The summed E-state index contributed by atoms with van der Waals surface area (Å²) < 4.78 is 5.13. The Morgan fingerprint density at radius 2 is 2.00 bits per heavy atom. The van der Waals surface area contributed by atoms with Crippen molar-refractivity contribution < 1.29 is 19.4 Å². The molecule has 0 radical (unpaired) electrons. The summed E-state index contributed by atoms with van der Waals surface area (Å²) in [6.07, 6.45) is 1.15. The summed E-state index contributed by atoms with van der Waals surface area (Å²) in [6.45, 7) is 4.39. The second-order valence-corrected chi connectivity index (χ2v) is 8.95. The highest BCUT2D eigenvalue weighted by atomic mass is 16.5. The molecule has 3 aromatic rings. The molecular weight excluding hydrogens is 418 g/mol. The second kappa shape index (κ2) is 8.57. The van der Waals surface area contributed by atoms with Crippen LogP contribution in [0.2, 0.25) is 0 Å². The topological polar surface area (TPSA) is 106 Å². The second-order valence-electron chi connectivity index (χ2n) is 8.95. The third-order valence-corrected chi connectivity index (χ3v) is 7.00. The average molecular weight is 446 g/mol. The molecule has 7 heteroatoms. The fraction of sp³-hybridized carbons (Fsp3) is 0.346. The number of esters is 1. The molecule has 1 saturated heterocycles. The Hall–Kier alpha value is -3.29. The number of pyridine rings is 1. The van der Waals surface area contributed by atoms with Gasteiger partial charge in [0.15, 0.2) is 0 Å². The van der Waals surface area contributed by atoms with Gasteiger partial charge in [-0.2, -0.15) is 0 Å². The zero-order valence-corrected chi connectivity index (χ0v) is 18.6. The maximum absolute atomic E-state index is 12.0. The van der Waals surface area contributed by atoms with Gasteiger partial charge in [-0.1, -0.05) is 30.3 Å². The molecule has 1 aromatic heterocycles. The first-order chi connectivity index (χ1) is 15.9. The molecule has 2 aliphatic heterocycles. The van der Waals surface area contributed by atoms with E-state index in [0.29, 0.717) is 17.8 Å². The molecule has 2 aromatic carbocycles.